The van der Waals surface area contributed by atoms with E-state index in [0.29, 0.717) is 11.5 Å². The lowest BCUT2D eigenvalue weighted by atomic mass is 10.1. The average molecular weight is 416 g/mol. The minimum atomic E-state index is -0.101. The van der Waals surface area contributed by atoms with Gasteiger partial charge in [-0.1, -0.05) is 79.0 Å². The van der Waals surface area contributed by atoms with E-state index in [-0.39, 0.29) is 5.91 Å². The van der Waals surface area contributed by atoms with E-state index in [9.17, 15) is 4.79 Å². The second-order valence-electron chi connectivity index (χ2n) is 6.34. The van der Waals surface area contributed by atoms with Crippen molar-refractivity contribution >= 4 is 46.5 Å². The molecule has 0 aliphatic heterocycles. The van der Waals surface area contributed by atoms with Crippen molar-refractivity contribution in [2.45, 2.75) is 28.3 Å². The SMILES string of the molecule is CC(C)CSc1nnc(SCc2ccc(C(=O)Nc3ccccc3)cc2)s1. The molecule has 3 aromatic rings. The standard InChI is InChI=1S/C20H21N3OS3/c1-14(2)12-25-19-22-23-20(27-19)26-13-15-8-10-16(11-9-15)18(24)21-17-6-4-3-5-7-17/h3-11,14H,12-13H2,1-2H3,(H,21,24). The first-order valence-corrected chi connectivity index (χ1v) is 11.4. The van der Waals surface area contributed by atoms with Crippen molar-refractivity contribution in [3.8, 4) is 0 Å². The van der Waals surface area contributed by atoms with Gasteiger partial charge in [-0.05, 0) is 35.7 Å². The largest absolute Gasteiger partial charge is 0.322 e. The highest BCUT2D eigenvalue weighted by Gasteiger charge is 2.08. The summed E-state index contributed by atoms with van der Waals surface area (Å²) in [7, 11) is 0. The Kier molecular flexibility index (Phi) is 7.32. The fraction of sp³-hybridized carbons (Fsp3) is 0.250. The van der Waals surface area contributed by atoms with Gasteiger partial charge >= 0.3 is 0 Å². The molecule has 0 saturated carbocycles. The molecule has 4 nitrogen and oxygen atoms in total. The van der Waals surface area contributed by atoms with E-state index in [1.54, 1.807) is 34.9 Å². The third-order valence-electron chi connectivity index (χ3n) is 3.54. The Hall–Kier alpha value is -1.83. The number of hydrogen-bond acceptors (Lipinski definition) is 6. The minimum Gasteiger partial charge on any atom is -0.322 e. The molecule has 27 heavy (non-hydrogen) atoms. The van der Waals surface area contributed by atoms with E-state index in [4.69, 9.17) is 0 Å². The highest BCUT2D eigenvalue weighted by atomic mass is 32.2. The van der Waals surface area contributed by atoms with Crippen LogP contribution in [0.2, 0.25) is 0 Å². The van der Waals surface area contributed by atoms with Crippen molar-refractivity contribution in [1.29, 1.82) is 0 Å². The van der Waals surface area contributed by atoms with Crippen LogP contribution in [0.5, 0.6) is 0 Å². The summed E-state index contributed by atoms with van der Waals surface area (Å²) in [5.41, 5.74) is 2.60. The molecule has 1 amide bonds. The van der Waals surface area contributed by atoms with Gasteiger partial charge in [-0.2, -0.15) is 0 Å². The molecule has 0 saturated heterocycles. The summed E-state index contributed by atoms with van der Waals surface area (Å²) < 4.78 is 2.01. The highest BCUT2D eigenvalue weighted by Crippen LogP contribution is 2.31. The Labute approximate surface area is 172 Å². The van der Waals surface area contributed by atoms with Crippen molar-refractivity contribution in [2.75, 3.05) is 11.1 Å². The quantitative estimate of drug-likeness (QED) is 0.469. The molecule has 3 rings (SSSR count). The maximum absolute atomic E-state index is 12.3. The number of para-hydroxylation sites is 1. The first-order chi connectivity index (χ1) is 13.1. The van der Waals surface area contributed by atoms with Gasteiger partial charge in [-0.25, -0.2) is 0 Å². The molecule has 0 bridgehead atoms. The van der Waals surface area contributed by atoms with Gasteiger partial charge in [0.25, 0.3) is 5.91 Å². The normalized spacial score (nSPS) is 10.9. The van der Waals surface area contributed by atoms with E-state index >= 15 is 0 Å². The van der Waals surface area contributed by atoms with Gasteiger partial charge in [0.2, 0.25) is 0 Å². The number of hydrogen-bond donors (Lipinski definition) is 1. The molecule has 0 unspecified atom stereocenters. The number of thioether (sulfide) groups is 2. The van der Waals surface area contributed by atoms with E-state index in [1.807, 2.05) is 54.6 Å². The summed E-state index contributed by atoms with van der Waals surface area (Å²) in [6, 6.07) is 17.2. The van der Waals surface area contributed by atoms with Crippen molar-refractivity contribution in [3.63, 3.8) is 0 Å². The van der Waals surface area contributed by atoms with Gasteiger partial charge in [0, 0.05) is 22.8 Å². The van der Waals surface area contributed by atoms with Gasteiger partial charge in [-0.15, -0.1) is 10.2 Å². The zero-order valence-electron chi connectivity index (χ0n) is 15.2. The second-order valence-corrected chi connectivity index (χ2v) is 9.81. The maximum atomic E-state index is 12.3. The van der Waals surface area contributed by atoms with Crippen LogP contribution in [-0.4, -0.2) is 21.9 Å². The second kappa shape index (κ2) is 9.92. The topological polar surface area (TPSA) is 54.9 Å². The lowest BCUT2D eigenvalue weighted by molar-refractivity contribution is 0.102. The first kappa shape index (κ1) is 19.9. The molecule has 140 valence electrons. The number of rotatable bonds is 8. The van der Waals surface area contributed by atoms with Crippen molar-refractivity contribution in [1.82, 2.24) is 10.2 Å². The van der Waals surface area contributed by atoms with Crippen LogP contribution < -0.4 is 5.32 Å². The molecule has 0 radical (unpaired) electrons. The van der Waals surface area contributed by atoms with E-state index in [2.05, 4.69) is 29.4 Å². The number of amides is 1. The summed E-state index contributed by atoms with van der Waals surface area (Å²) in [6.45, 7) is 4.40. The summed E-state index contributed by atoms with van der Waals surface area (Å²) in [5, 5.41) is 11.4. The smallest absolute Gasteiger partial charge is 0.255 e. The van der Waals surface area contributed by atoms with Crippen LogP contribution in [-0.2, 0) is 5.75 Å². The third kappa shape index (κ3) is 6.37. The van der Waals surface area contributed by atoms with Gasteiger partial charge in [-0.3, -0.25) is 4.79 Å². The summed E-state index contributed by atoms with van der Waals surface area (Å²) >= 11 is 5.08. The van der Waals surface area contributed by atoms with Crippen LogP contribution in [0, 0.1) is 5.92 Å². The van der Waals surface area contributed by atoms with Gasteiger partial charge in [0.1, 0.15) is 0 Å². The van der Waals surface area contributed by atoms with Crippen LogP contribution in [0.1, 0.15) is 29.8 Å². The van der Waals surface area contributed by atoms with Crippen LogP contribution in [0.15, 0.2) is 63.3 Å². The number of carbonyl (C=O) groups excluding carboxylic acids is 1. The Bertz CT molecular complexity index is 864. The zero-order valence-corrected chi connectivity index (χ0v) is 17.7. The molecule has 0 aliphatic rings. The molecule has 1 aromatic heterocycles. The molecule has 1 heterocycles. The number of aromatic nitrogens is 2. The van der Waals surface area contributed by atoms with Crippen LogP contribution >= 0.6 is 34.9 Å². The molecule has 0 spiro atoms. The van der Waals surface area contributed by atoms with Crippen molar-refractivity contribution in [2.24, 2.45) is 5.92 Å². The molecule has 0 atom stereocenters. The number of anilines is 1. The number of nitrogens with one attached hydrogen (secondary N) is 1. The fourth-order valence-corrected chi connectivity index (χ4v) is 5.13. The summed E-state index contributed by atoms with van der Waals surface area (Å²) in [4.78, 5) is 12.3. The number of nitrogens with zero attached hydrogens (tertiary/aromatic N) is 2. The van der Waals surface area contributed by atoms with Crippen molar-refractivity contribution in [3.05, 3.63) is 65.7 Å². The molecular weight excluding hydrogens is 394 g/mol. The average Bonchev–Trinajstić information content (AvgIpc) is 3.14. The molecule has 0 aliphatic carbocycles. The summed E-state index contributed by atoms with van der Waals surface area (Å²) in [5.74, 6) is 2.42. The molecule has 7 heteroatoms. The van der Waals surface area contributed by atoms with Crippen LogP contribution in [0.3, 0.4) is 0 Å². The Morgan fingerprint density at radius 2 is 1.67 bits per heavy atom. The van der Waals surface area contributed by atoms with Gasteiger partial charge < -0.3 is 5.32 Å². The van der Waals surface area contributed by atoms with Crippen molar-refractivity contribution < 1.29 is 4.79 Å². The number of carbonyl (C=O) groups is 1. The van der Waals surface area contributed by atoms with Gasteiger partial charge in [0.05, 0.1) is 0 Å². The van der Waals surface area contributed by atoms with E-state index in [0.717, 1.165) is 31.4 Å². The van der Waals surface area contributed by atoms with Crippen LogP contribution in [0.4, 0.5) is 5.69 Å². The minimum absolute atomic E-state index is 0.101. The Morgan fingerprint density at radius 3 is 2.33 bits per heavy atom. The predicted molar refractivity (Wildman–Crippen MR) is 116 cm³/mol. The Balaban J connectivity index is 1.51. The summed E-state index contributed by atoms with van der Waals surface area (Å²) in [6.07, 6.45) is 0. The van der Waals surface area contributed by atoms with E-state index < -0.39 is 0 Å². The Morgan fingerprint density at radius 1 is 1.00 bits per heavy atom. The lowest BCUT2D eigenvalue weighted by Crippen LogP contribution is -2.11. The highest BCUT2D eigenvalue weighted by molar-refractivity contribution is 8.02. The monoisotopic (exact) mass is 415 g/mol. The third-order valence-corrected chi connectivity index (χ3v) is 7.23. The molecule has 0 fully saturated rings. The zero-order chi connectivity index (χ0) is 19.1. The van der Waals surface area contributed by atoms with E-state index in [1.165, 1.54) is 0 Å². The molecular formula is C20H21N3OS3. The maximum Gasteiger partial charge on any atom is 0.255 e. The van der Waals surface area contributed by atoms with Crippen LogP contribution in [0.25, 0.3) is 0 Å². The predicted octanol–water partition coefficient (Wildman–Crippen LogP) is 5.83. The lowest BCUT2D eigenvalue weighted by Gasteiger charge is -2.06. The number of benzene rings is 2. The molecule has 1 N–H and O–H groups in total. The van der Waals surface area contributed by atoms with Gasteiger partial charge in [0.15, 0.2) is 8.68 Å². The molecule has 2 aromatic carbocycles. The fourth-order valence-electron chi connectivity index (χ4n) is 2.17. The first-order valence-electron chi connectivity index (χ1n) is 8.64.